The van der Waals surface area contributed by atoms with Crippen LogP contribution in [0.1, 0.15) is 26.2 Å². The van der Waals surface area contributed by atoms with Gasteiger partial charge >= 0.3 is 0 Å². The van der Waals surface area contributed by atoms with Gasteiger partial charge in [-0.25, -0.2) is 8.78 Å². The van der Waals surface area contributed by atoms with Crippen LogP contribution < -0.4 is 4.90 Å². The van der Waals surface area contributed by atoms with Crippen molar-refractivity contribution in [1.82, 2.24) is 24.9 Å². The average Bonchev–Trinajstić information content (AvgIpc) is 3.33. The van der Waals surface area contributed by atoms with Gasteiger partial charge in [0.25, 0.3) is 5.89 Å². The monoisotopic (exact) mass is 446 g/mol. The Labute approximate surface area is 183 Å². The van der Waals surface area contributed by atoms with Crippen molar-refractivity contribution in [3.63, 3.8) is 0 Å². The molecule has 31 heavy (non-hydrogen) atoms. The van der Waals surface area contributed by atoms with E-state index >= 15 is 0 Å². The zero-order chi connectivity index (χ0) is 21.4. The molecule has 1 atom stereocenters. The van der Waals surface area contributed by atoms with Crippen molar-refractivity contribution < 1.29 is 13.3 Å². The molecule has 7 nitrogen and oxygen atoms in total. The lowest BCUT2D eigenvalue weighted by atomic mass is 10.2. The highest BCUT2D eigenvalue weighted by atomic mass is 35.5. The first-order valence-corrected chi connectivity index (χ1v) is 9.39. The first-order chi connectivity index (χ1) is 14.3. The van der Waals surface area contributed by atoms with Gasteiger partial charge < -0.3 is 9.42 Å². The summed E-state index contributed by atoms with van der Waals surface area (Å²) >= 11 is 6.02. The van der Waals surface area contributed by atoms with Crippen molar-refractivity contribution in [2.24, 2.45) is 7.05 Å². The molecule has 0 amide bonds. The van der Waals surface area contributed by atoms with E-state index in [4.69, 9.17) is 16.1 Å². The number of halogens is 3. The van der Waals surface area contributed by atoms with Gasteiger partial charge in [-0.1, -0.05) is 30.3 Å². The van der Waals surface area contributed by atoms with Crippen molar-refractivity contribution in [2.45, 2.75) is 20.4 Å². The molecular weight excluding hydrogens is 426 g/mol. The Morgan fingerprint density at radius 2 is 1.77 bits per heavy atom. The Hall–Kier alpha value is -3.33. The van der Waals surface area contributed by atoms with Crippen molar-refractivity contribution in [1.29, 1.82) is 0 Å². The van der Waals surface area contributed by atoms with Crippen LogP contribution in [0.25, 0.3) is 22.8 Å². The van der Waals surface area contributed by atoms with Gasteiger partial charge in [0.05, 0.1) is 6.04 Å². The summed E-state index contributed by atoms with van der Waals surface area (Å²) in [7, 11) is 3.50. The molecule has 0 aliphatic rings. The van der Waals surface area contributed by atoms with Crippen molar-refractivity contribution in [3.05, 3.63) is 64.9 Å². The molecule has 10 heteroatoms. The maximum Gasteiger partial charge on any atom is 0.258 e. The molecule has 0 fully saturated rings. The minimum atomic E-state index is -0.684. The largest absolute Gasteiger partial charge is 0.334 e. The number of aromatic nitrogens is 5. The Kier molecular flexibility index (Phi) is 6.35. The van der Waals surface area contributed by atoms with Crippen LogP contribution in [-0.4, -0.2) is 32.0 Å². The Bertz CT molecular complexity index is 1190. The quantitative estimate of drug-likeness (QED) is 0.414. The summed E-state index contributed by atoms with van der Waals surface area (Å²) in [4.78, 5) is 6.24. The molecule has 0 radical (unpaired) electrons. The van der Waals surface area contributed by atoms with E-state index in [2.05, 4.69) is 20.3 Å². The molecule has 2 aromatic carbocycles. The van der Waals surface area contributed by atoms with Gasteiger partial charge in [-0.2, -0.15) is 4.98 Å². The average molecular weight is 447 g/mol. The van der Waals surface area contributed by atoms with Crippen molar-refractivity contribution >= 4 is 17.5 Å². The summed E-state index contributed by atoms with van der Waals surface area (Å²) in [6.07, 6.45) is 0. The van der Waals surface area contributed by atoms with Gasteiger partial charge in [0.1, 0.15) is 11.6 Å². The second-order valence-electron chi connectivity index (χ2n) is 6.80. The first-order valence-electron chi connectivity index (χ1n) is 9.01. The second-order valence-corrected chi connectivity index (χ2v) is 7.23. The highest BCUT2D eigenvalue weighted by molar-refractivity contribution is 6.30. The molecule has 162 valence electrons. The number of hydrogen-bond acceptors (Lipinski definition) is 6. The van der Waals surface area contributed by atoms with E-state index in [0.717, 1.165) is 6.07 Å². The Balaban J connectivity index is 0.00000272. The van der Waals surface area contributed by atoms with E-state index < -0.39 is 11.6 Å². The van der Waals surface area contributed by atoms with E-state index in [1.54, 1.807) is 41.8 Å². The zero-order valence-electron chi connectivity index (χ0n) is 16.3. The molecule has 4 rings (SSSR count). The number of benzene rings is 2. The Morgan fingerprint density at radius 1 is 1.06 bits per heavy atom. The van der Waals surface area contributed by atoms with Crippen LogP contribution in [0.4, 0.5) is 14.7 Å². The lowest BCUT2D eigenvalue weighted by Gasteiger charge is -2.22. The van der Waals surface area contributed by atoms with Crippen LogP contribution in [0.15, 0.2) is 47.0 Å². The van der Waals surface area contributed by atoms with Crippen LogP contribution in [0.2, 0.25) is 5.02 Å². The Morgan fingerprint density at radius 3 is 2.45 bits per heavy atom. The minimum absolute atomic E-state index is 0. The fourth-order valence-electron chi connectivity index (χ4n) is 3.05. The maximum absolute atomic E-state index is 13.6. The normalized spacial score (nSPS) is 11.8. The highest BCUT2D eigenvalue weighted by Gasteiger charge is 2.24. The number of anilines is 1. The van der Waals surface area contributed by atoms with E-state index in [1.807, 2.05) is 13.0 Å². The number of rotatable bonds is 5. The third-order valence-corrected chi connectivity index (χ3v) is 4.99. The summed E-state index contributed by atoms with van der Waals surface area (Å²) < 4.78 is 34.2. The van der Waals surface area contributed by atoms with Gasteiger partial charge in [0.15, 0.2) is 11.6 Å². The van der Waals surface area contributed by atoms with Crippen molar-refractivity contribution in [3.8, 4) is 22.8 Å². The summed E-state index contributed by atoms with van der Waals surface area (Å²) in [6.45, 7) is 1.88. The number of nitrogens with zero attached hydrogens (tertiary/aromatic N) is 6. The lowest BCUT2D eigenvalue weighted by Crippen LogP contribution is -2.25. The zero-order valence-corrected chi connectivity index (χ0v) is 17.1. The van der Waals surface area contributed by atoms with Gasteiger partial charge in [-0.05, 0) is 37.3 Å². The first kappa shape index (κ1) is 22.4. The molecule has 0 saturated carbocycles. The van der Waals surface area contributed by atoms with E-state index in [0.29, 0.717) is 34.1 Å². The van der Waals surface area contributed by atoms with Crippen LogP contribution in [0.3, 0.4) is 0 Å². The number of hydrogen-bond donors (Lipinski definition) is 0. The highest BCUT2D eigenvalue weighted by Crippen LogP contribution is 2.28. The summed E-state index contributed by atoms with van der Waals surface area (Å²) in [5.74, 6) is 0.218. The fourth-order valence-corrected chi connectivity index (χ4v) is 3.24. The third kappa shape index (κ3) is 4.41. The van der Waals surface area contributed by atoms with Crippen LogP contribution in [0, 0.1) is 11.6 Å². The predicted molar refractivity (Wildman–Crippen MR) is 115 cm³/mol. The SMILES string of the molecule is C.CC(c1noc(-c2cccc(Cl)c2)n1)N(C)c1nnc(-c2cc(F)cc(F)c2)n1C. The fraction of sp³-hybridized carbons (Fsp3) is 0.238. The van der Waals surface area contributed by atoms with Gasteiger partial charge in [-0.15, -0.1) is 10.2 Å². The predicted octanol–water partition coefficient (Wildman–Crippen LogP) is 5.30. The minimum Gasteiger partial charge on any atom is -0.334 e. The molecule has 0 aliphatic heterocycles. The lowest BCUT2D eigenvalue weighted by molar-refractivity contribution is 0.416. The van der Waals surface area contributed by atoms with Crippen molar-refractivity contribution in [2.75, 3.05) is 11.9 Å². The topological polar surface area (TPSA) is 72.9 Å². The molecule has 4 aromatic rings. The third-order valence-electron chi connectivity index (χ3n) is 4.76. The summed E-state index contributed by atoms with van der Waals surface area (Å²) in [6, 6.07) is 10.0. The van der Waals surface area contributed by atoms with Crippen LogP contribution in [-0.2, 0) is 7.05 Å². The van der Waals surface area contributed by atoms with E-state index in [-0.39, 0.29) is 19.0 Å². The molecular formula is C21H21ClF2N6O. The van der Waals surface area contributed by atoms with E-state index in [1.165, 1.54) is 12.1 Å². The smallest absolute Gasteiger partial charge is 0.258 e. The van der Waals surface area contributed by atoms with Gasteiger partial charge in [-0.3, -0.25) is 4.57 Å². The molecule has 0 aliphatic carbocycles. The van der Waals surface area contributed by atoms with E-state index in [9.17, 15) is 8.78 Å². The molecule has 0 N–H and O–H groups in total. The molecule has 1 unspecified atom stereocenters. The maximum atomic E-state index is 13.6. The summed E-state index contributed by atoms with van der Waals surface area (Å²) in [5.41, 5.74) is 1.00. The van der Waals surface area contributed by atoms with Gasteiger partial charge in [0.2, 0.25) is 5.95 Å². The standard InChI is InChI=1S/C20H17ClF2N6O.CH4/c1-11(17-24-19(30-27-17)12-5-4-6-14(21)7-12)28(2)20-26-25-18(29(20)3)13-8-15(22)10-16(23)9-13;/h4-11H,1-3H3;1H4. The molecule has 0 bridgehead atoms. The van der Waals surface area contributed by atoms with Crippen LogP contribution in [0.5, 0.6) is 0 Å². The van der Waals surface area contributed by atoms with Crippen LogP contribution >= 0.6 is 11.6 Å². The molecule has 0 spiro atoms. The summed E-state index contributed by atoms with van der Waals surface area (Å²) in [5, 5.41) is 12.9. The van der Waals surface area contributed by atoms with Gasteiger partial charge in [0, 0.05) is 36.3 Å². The molecule has 2 aromatic heterocycles. The second kappa shape index (κ2) is 8.81. The molecule has 2 heterocycles. The molecule has 0 saturated heterocycles.